The molecule has 0 aliphatic carbocycles. The Labute approximate surface area is 75.0 Å². The van der Waals surface area contributed by atoms with Crippen LogP contribution in [0.15, 0.2) is 41.0 Å². The van der Waals surface area contributed by atoms with Crippen LogP contribution in [-0.4, -0.2) is 6.21 Å². The van der Waals surface area contributed by atoms with Crippen molar-refractivity contribution in [1.29, 1.82) is 0 Å². The molecule has 0 spiro atoms. The standard InChI is InChI=1S/C9H8N2S/c1-3-9(12-6-1)8-7-10-4-2-5-11-8/h1-7,11H. The Bertz CT molecular complexity index is 333. The van der Waals surface area contributed by atoms with Crippen molar-refractivity contribution in [3.05, 3.63) is 40.9 Å². The predicted molar refractivity (Wildman–Crippen MR) is 53.1 cm³/mol. The molecule has 1 aromatic rings. The summed E-state index contributed by atoms with van der Waals surface area (Å²) in [6.45, 7) is 0. The lowest BCUT2D eigenvalue weighted by Crippen LogP contribution is -2.00. The van der Waals surface area contributed by atoms with Gasteiger partial charge in [0, 0.05) is 12.4 Å². The lowest BCUT2D eigenvalue weighted by Gasteiger charge is -2.00. The van der Waals surface area contributed by atoms with Crippen molar-refractivity contribution in [2.75, 3.05) is 0 Å². The highest BCUT2D eigenvalue weighted by Gasteiger charge is 1.99. The number of nitrogens with zero attached hydrogens (tertiary/aromatic N) is 1. The Kier molecular flexibility index (Phi) is 2.05. The summed E-state index contributed by atoms with van der Waals surface area (Å²) in [6, 6.07) is 4.10. The Morgan fingerprint density at radius 3 is 3.25 bits per heavy atom. The van der Waals surface area contributed by atoms with Gasteiger partial charge < -0.3 is 5.32 Å². The summed E-state index contributed by atoms with van der Waals surface area (Å²) in [5.41, 5.74) is 1.05. The quantitative estimate of drug-likeness (QED) is 0.697. The van der Waals surface area contributed by atoms with E-state index in [1.807, 2.05) is 24.5 Å². The van der Waals surface area contributed by atoms with E-state index in [1.165, 1.54) is 4.88 Å². The summed E-state index contributed by atoms with van der Waals surface area (Å²) in [5.74, 6) is 0. The molecule has 3 heteroatoms. The number of thiophene rings is 1. The normalized spacial score (nSPS) is 15.2. The zero-order chi connectivity index (χ0) is 8.23. The molecule has 0 aromatic carbocycles. The molecule has 0 amide bonds. The molecule has 0 bridgehead atoms. The molecule has 0 atom stereocenters. The number of hydrogen-bond acceptors (Lipinski definition) is 3. The molecule has 1 N–H and O–H groups in total. The van der Waals surface area contributed by atoms with Crippen LogP contribution in [0.25, 0.3) is 5.70 Å². The summed E-state index contributed by atoms with van der Waals surface area (Å²) in [4.78, 5) is 5.29. The molecule has 1 aliphatic heterocycles. The Morgan fingerprint density at radius 2 is 2.42 bits per heavy atom. The topological polar surface area (TPSA) is 24.4 Å². The van der Waals surface area contributed by atoms with Gasteiger partial charge >= 0.3 is 0 Å². The van der Waals surface area contributed by atoms with Crippen molar-refractivity contribution in [3.63, 3.8) is 0 Å². The van der Waals surface area contributed by atoms with E-state index in [0.717, 1.165) is 5.70 Å². The average Bonchev–Trinajstić information content (AvgIpc) is 2.48. The number of nitrogens with one attached hydrogen (secondary N) is 1. The number of hydrogen-bond donors (Lipinski definition) is 1. The monoisotopic (exact) mass is 176 g/mol. The van der Waals surface area contributed by atoms with Crippen LogP contribution < -0.4 is 5.32 Å². The molecular formula is C9H8N2S. The first-order chi connectivity index (χ1) is 5.97. The molecule has 12 heavy (non-hydrogen) atoms. The van der Waals surface area contributed by atoms with Crippen LogP contribution in [-0.2, 0) is 0 Å². The van der Waals surface area contributed by atoms with E-state index >= 15 is 0 Å². The van der Waals surface area contributed by atoms with Crippen molar-refractivity contribution in [3.8, 4) is 0 Å². The van der Waals surface area contributed by atoms with E-state index in [-0.39, 0.29) is 0 Å². The average molecular weight is 176 g/mol. The minimum atomic E-state index is 1.05. The molecule has 1 aromatic heterocycles. The Hall–Kier alpha value is -1.35. The molecule has 0 unspecified atom stereocenters. The molecule has 0 fully saturated rings. The first kappa shape index (κ1) is 7.31. The highest BCUT2D eigenvalue weighted by Crippen LogP contribution is 2.18. The number of aliphatic imine (C=N–C) groups is 1. The largest absolute Gasteiger partial charge is 0.359 e. The lowest BCUT2D eigenvalue weighted by molar-refractivity contribution is 1.23. The minimum absolute atomic E-state index is 1.05. The fraction of sp³-hybridized carbons (Fsp3) is 0. The van der Waals surface area contributed by atoms with Crippen LogP contribution in [0.3, 0.4) is 0 Å². The van der Waals surface area contributed by atoms with E-state index in [1.54, 1.807) is 17.6 Å². The van der Waals surface area contributed by atoms with Gasteiger partial charge in [0.15, 0.2) is 0 Å². The first-order valence-electron chi connectivity index (χ1n) is 3.66. The summed E-state index contributed by atoms with van der Waals surface area (Å²) in [6.07, 6.45) is 7.33. The maximum absolute atomic E-state index is 4.08. The summed E-state index contributed by atoms with van der Waals surface area (Å²) in [5, 5.41) is 5.20. The van der Waals surface area contributed by atoms with E-state index in [2.05, 4.69) is 21.8 Å². The zero-order valence-corrected chi connectivity index (χ0v) is 7.21. The second kappa shape index (κ2) is 3.36. The lowest BCUT2D eigenvalue weighted by atomic mass is 10.4. The Balaban J connectivity index is 2.30. The number of allylic oxidation sites excluding steroid dienone is 1. The molecule has 2 nitrogen and oxygen atoms in total. The maximum Gasteiger partial charge on any atom is 0.0740 e. The van der Waals surface area contributed by atoms with Gasteiger partial charge in [-0.05, 0) is 17.5 Å². The van der Waals surface area contributed by atoms with E-state index in [4.69, 9.17) is 0 Å². The van der Waals surface area contributed by atoms with Crippen LogP contribution >= 0.6 is 11.3 Å². The van der Waals surface area contributed by atoms with Crippen LogP contribution in [0.2, 0.25) is 0 Å². The smallest absolute Gasteiger partial charge is 0.0740 e. The SMILES string of the molecule is C1=CNC(c2cccs2)=CN=C1. The van der Waals surface area contributed by atoms with Gasteiger partial charge in [-0.15, -0.1) is 11.3 Å². The summed E-state index contributed by atoms with van der Waals surface area (Å²) in [7, 11) is 0. The predicted octanol–water partition coefficient (Wildman–Crippen LogP) is 2.23. The molecule has 0 saturated carbocycles. The maximum atomic E-state index is 4.08. The van der Waals surface area contributed by atoms with Gasteiger partial charge in [-0.2, -0.15) is 0 Å². The van der Waals surface area contributed by atoms with Crippen LogP contribution in [0.1, 0.15) is 4.88 Å². The third-order valence-electron chi connectivity index (χ3n) is 1.50. The highest BCUT2D eigenvalue weighted by atomic mass is 32.1. The van der Waals surface area contributed by atoms with Crippen molar-refractivity contribution >= 4 is 23.2 Å². The van der Waals surface area contributed by atoms with Crippen molar-refractivity contribution in [2.45, 2.75) is 0 Å². The van der Waals surface area contributed by atoms with Crippen molar-refractivity contribution < 1.29 is 0 Å². The van der Waals surface area contributed by atoms with Gasteiger partial charge in [0.25, 0.3) is 0 Å². The van der Waals surface area contributed by atoms with Crippen molar-refractivity contribution in [2.24, 2.45) is 4.99 Å². The fourth-order valence-corrected chi connectivity index (χ4v) is 1.65. The molecule has 0 saturated heterocycles. The van der Waals surface area contributed by atoms with E-state index in [9.17, 15) is 0 Å². The third kappa shape index (κ3) is 1.46. The third-order valence-corrected chi connectivity index (χ3v) is 2.40. The first-order valence-corrected chi connectivity index (χ1v) is 4.54. The molecule has 60 valence electrons. The van der Waals surface area contributed by atoms with Crippen LogP contribution in [0.4, 0.5) is 0 Å². The minimum Gasteiger partial charge on any atom is -0.359 e. The highest BCUT2D eigenvalue weighted by molar-refractivity contribution is 7.11. The van der Waals surface area contributed by atoms with Gasteiger partial charge in [-0.3, -0.25) is 4.99 Å². The zero-order valence-electron chi connectivity index (χ0n) is 6.40. The van der Waals surface area contributed by atoms with Gasteiger partial charge in [0.2, 0.25) is 0 Å². The van der Waals surface area contributed by atoms with E-state index < -0.39 is 0 Å². The van der Waals surface area contributed by atoms with Crippen LogP contribution in [0.5, 0.6) is 0 Å². The van der Waals surface area contributed by atoms with Crippen LogP contribution in [0, 0.1) is 0 Å². The second-order valence-electron chi connectivity index (χ2n) is 2.32. The van der Waals surface area contributed by atoms with Gasteiger partial charge in [0.05, 0.1) is 16.8 Å². The second-order valence-corrected chi connectivity index (χ2v) is 3.27. The van der Waals surface area contributed by atoms with Gasteiger partial charge in [-0.25, -0.2) is 0 Å². The van der Waals surface area contributed by atoms with Gasteiger partial charge in [-0.1, -0.05) is 6.07 Å². The molecule has 0 radical (unpaired) electrons. The summed E-state index contributed by atoms with van der Waals surface area (Å²) < 4.78 is 0. The fourth-order valence-electron chi connectivity index (χ4n) is 0.952. The van der Waals surface area contributed by atoms with Crippen molar-refractivity contribution in [1.82, 2.24) is 5.32 Å². The molecule has 1 aliphatic rings. The van der Waals surface area contributed by atoms with E-state index in [0.29, 0.717) is 0 Å². The Morgan fingerprint density at radius 1 is 1.42 bits per heavy atom. The summed E-state index contributed by atoms with van der Waals surface area (Å²) >= 11 is 1.70. The number of rotatable bonds is 1. The molecular weight excluding hydrogens is 168 g/mol. The van der Waals surface area contributed by atoms with Gasteiger partial charge in [0.1, 0.15) is 0 Å². The molecule has 2 rings (SSSR count). The molecule has 2 heterocycles.